The van der Waals surface area contributed by atoms with Gasteiger partial charge < -0.3 is 9.73 Å². The third-order valence-corrected chi connectivity index (χ3v) is 3.46. The predicted octanol–water partition coefficient (Wildman–Crippen LogP) is 3.75. The number of hydrogen-bond acceptors (Lipinski definition) is 4. The zero-order valence-corrected chi connectivity index (χ0v) is 12.5. The van der Waals surface area contributed by atoms with Crippen LogP contribution in [0.15, 0.2) is 51.8 Å². The summed E-state index contributed by atoms with van der Waals surface area (Å²) >= 11 is 11.7. The van der Waals surface area contributed by atoms with E-state index in [0.717, 1.165) is 0 Å². The molecule has 0 aliphatic rings. The molecule has 1 N–H and O–H groups in total. The molecule has 0 atom stereocenters. The van der Waals surface area contributed by atoms with Crippen LogP contribution >= 0.6 is 23.2 Å². The molecule has 0 saturated carbocycles. The molecule has 2 aromatic heterocycles. The topological polar surface area (TPSA) is 72.2 Å². The molecule has 22 heavy (non-hydrogen) atoms. The van der Waals surface area contributed by atoms with Crippen LogP contribution in [0.1, 0.15) is 10.4 Å². The van der Waals surface area contributed by atoms with Crippen LogP contribution in [0.4, 0.5) is 5.69 Å². The van der Waals surface area contributed by atoms with E-state index in [1.54, 1.807) is 24.3 Å². The number of fused-ring (bicyclic) bond motifs is 1. The average molecular weight is 335 g/mol. The molecule has 0 saturated heterocycles. The highest BCUT2D eigenvalue weighted by molar-refractivity contribution is 6.35. The van der Waals surface area contributed by atoms with E-state index in [1.165, 1.54) is 18.3 Å². The second-order valence-electron chi connectivity index (χ2n) is 4.43. The highest BCUT2D eigenvalue weighted by atomic mass is 35.5. The van der Waals surface area contributed by atoms with Crippen molar-refractivity contribution in [3.63, 3.8) is 0 Å². The molecule has 3 aromatic rings. The molecule has 0 spiro atoms. The number of nitrogens with zero attached hydrogens (tertiary/aromatic N) is 1. The van der Waals surface area contributed by atoms with Crippen molar-refractivity contribution in [2.75, 3.05) is 5.32 Å². The third kappa shape index (κ3) is 2.81. The molecule has 110 valence electrons. The Morgan fingerprint density at radius 1 is 1.18 bits per heavy atom. The van der Waals surface area contributed by atoms with Crippen molar-refractivity contribution in [1.82, 2.24) is 4.98 Å². The molecule has 0 aliphatic heterocycles. The van der Waals surface area contributed by atoms with Crippen molar-refractivity contribution >= 4 is 45.8 Å². The smallest absolute Gasteiger partial charge is 0.360 e. The number of nitrogens with one attached hydrogen (secondary N) is 1. The van der Waals surface area contributed by atoms with Crippen LogP contribution in [0.25, 0.3) is 11.0 Å². The fourth-order valence-electron chi connectivity index (χ4n) is 1.93. The summed E-state index contributed by atoms with van der Waals surface area (Å²) in [6, 6.07) is 9.85. The Hall–Kier alpha value is -2.37. The maximum atomic E-state index is 12.2. The monoisotopic (exact) mass is 334 g/mol. The van der Waals surface area contributed by atoms with Crippen LogP contribution in [0.5, 0.6) is 0 Å². The molecule has 0 unspecified atom stereocenters. The molecule has 7 heteroatoms. The third-order valence-electron chi connectivity index (χ3n) is 2.96. The molecule has 0 radical (unpaired) electrons. The van der Waals surface area contributed by atoms with E-state index in [1.807, 2.05) is 0 Å². The summed E-state index contributed by atoms with van der Waals surface area (Å²) in [5.74, 6) is -0.572. The Labute approximate surface area is 134 Å². The Balaban J connectivity index is 1.99. The summed E-state index contributed by atoms with van der Waals surface area (Å²) in [7, 11) is 0. The Morgan fingerprint density at radius 3 is 2.77 bits per heavy atom. The van der Waals surface area contributed by atoms with Crippen LogP contribution in [-0.2, 0) is 0 Å². The normalized spacial score (nSPS) is 10.6. The summed E-state index contributed by atoms with van der Waals surface area (Å²) in [5.41, 5.74) is -0.0688. The summed E-state index contributed by atoms with van der Waals surface area (Å²) in [4.78, 5) is 27.9. The van der Waals surface area contributed by atoms with Gasteiger partial charge in [-0.1, -0.05) is 41.4 Å². The van der Waals surface area contributed by atoms with Gasteiger partial charge in [-0.25, -0.2) is 9.78 Å². The molecule has 1 amide bonds. The average Bonchev–Trinajstić information content (AvgIpc) is 2.50. The summed E-state index contributed by atoms with van der Waals surface area (Å²) < 4.78 is 5.14. The summed E-state index contributed by atoms with van der Waals surface area (Å²) in [5, 5.41) is 3.42. The van der Waals surface area contributed by atoms with Crippen molar-refractivity contribution in [2.45, 2.75) is 0 Å². The second-order valence-corrected chi connectivity index (χ2v) is 5.22. The van der Waals surface area contributed by atoms with E-state index >= 15 is 0 Å². The highest BCUT2D eigenvalue weighted by Gasteiger charge is 2.14. The van der Waals surface area contributed by atoms with Crippen LogP contribution in [0.2, 0.25) is 10.2 Å². The lowest BCUT2D eigenvalue weighted by molar-refractivity contribution is 0.102. The number of amides is 1. The van der Waals surface area contributed by atoms with Gasteiger partial charge in [-0.3, -0.25) is 4.79 Å². The number of rotatable bonds is 2. The van der Waals surface area contributed by atoms with Crippen LogP contribution in [0, 0.1) is 0 Å². The number of pyridine rings is 1. The fraction of sp³-hybridized carbons (Fsp3) is 0. The standard InChI is InChI=1S/C15H8Cl2N2O3/c16-10-7-18-13(17)6-9(10)14(20)19-11-5-8-3-1-2-4-12(8)22-15(11)21/h1-7H,(H,19,20). The number of benzene rings is 1. The quantitative estimate of drug-likeness (QED) is 0.572. The first-order valence-electron chi connectivity index (χ1n) is 6.20. The SMILES string of the molecule is O=C(Nc1cc2ccccc2oc1=O)c1cc(Cl)ncc1Cl. The van der Waals surface area contributed by atoms with Gasteiger partial charge in [0.25, 0.3) is 5.91 Å². The van der Waals surface area contributed by atoms with Gasteiger partial charge >= 0.3 is 5.63 Å². The van der Waals surface area contributed by atoms with Gasteiger partial charge in [0.15, 0.2) is 0 Å². The minimum atomic E-state index is -0.650. The molecule has 0 bridgehead atoms. The van der Waals surface area contributed by atoms with E-state index < -0.39 is 11.5 Å². The molecule has 2 heterocycles. The number of carbonyl (C=O) groups excluding carboxylic acids is 1. The van der Waals surface area contributed by atoms with Gasteiger partial charge in [-0.15, -0.1) is 0 Å². The summed E-state index contributed by atoms with van der Waals surface area (Å²) in [6.07, 6.45) is 1.27. The molecule has 3 rings (SSSR count). The Morgan fingerprint density at radius 2 is 1.95 bits per heavy atom. The van der Waals surface area contributed by atoms with E-state index in [9.17, 15) is 9.59 Å². The number of carbonyl (C=O) groups is 1. The zero-order chi connectivity index (χ0) is 15.7. The molecular weight excluding hydrogens is 327 g/mol. The lowest BCUT2D eigenvalue weighted by atomic mass is 10.2. The number of aromatic nitrogens is 1. The zero-order valence-electron chi connectivity index (χ0n) is 11.0. The van der Waals surface area contributed by atoms with E-state index in [4.69, 9.17) is 27.6 Å². The van der Waals surface area contributed by atoms with Gasteiger partial charge in [0.1, 0.15) is 16.4 Å². The molecule has 0 fully saturated rings. The minimum absolute atomic E-state index is 0.0210. The minimum Gasteiger partial charge on any atom is -0.421 e. The van der Waals surface area contributed by atoms with Crippen LogP contribution in [0.3, 0.4) is 0 Å². The fourth-order valence-corrected chi connectivity index (χ4v) is 2.27. The van der Waals surface area contributed by atoms with Crippen molar-refractivity contribution in [3.05, 3.63) is 68.8 Å². The van der Waals surface area contributed by atoms with E-state index in [-0.39, 0.29) is 21.4 Å². The molecule has 5 nitrogen and oxygen atoms in total. The number of para-hydroxylation sites is 1. The van der Waals surface area contributed by atoms with Crippen molar-refractivity contribution in [1.29, 1.82) is 0 Å². The number of halogens is 2. The first-order valence-corrected chi connectivity index (χ1v) is 6.95. The second kappa shape index (κ2) is 5.79. The lowest BCUT2D eigenvalue weighted by Gasteiger charge is -2.06. The maximum Gasteiger partial charge on any atom is 0.360 e. The van der Waals surface area contributed by atoms with Crippen LogP contribution in [-0.4, -0.2) is 10.9 Å². The van der Waals surface area contributed by atoms with Crippen molar-refractivity contribution in [2.24, 2.45) is 0 Å². The van der Waals surface area contributed by atoms with Crippen molar-refractivity contribution < 1.29 is 9.21 Å². The largest absolute Gasteiger partial charge is 0.421 e. The van der Waals surface area contributed by atoms with Gasteiger partial charge in [-0.05, 0) is 18.2 Å². The summed E-state index contributed by atoms with van der Waals surface area (Å²) in [6.45, 7) is 0. The van der Waals surface area contributed by atoms with Crippen molar-refractivity contribution in [3.8, 4) is 0 Å². The number of anilines is 1. The Kier molecular flexibility index (Phi) is 3.83. The predicted molar refractivity (Wildman–Crippen MR) is 84.7 cm³/mol. The molecule has 1 aromatic carbocycles. The number of hydrogen-bond donors (Lipinski definition) is 1. The highest BCUT2D eigenvalue weighted by Crippen LogP contribution is 2.20. The first-order chi connectivity index (χ1) is 10.5. The lowest BCUT2D eigenvalue weighted by Crippen LogP contribution is -2.18. The molecular formula is C15H8Cl2N2O3. The molecule has 0 aliphatic carbocycles. The van der Waals surface area contributed by atoms with E-state index in [0.29, 0.717) is 11.0 Å². The van der Waals surface area contributed by atoms with Gasteiger partial charge in [-0.2, -0.15) is 0 Å². The van der Waals surface area contributed by atoms with Gasteiger partial charge in [0.05, 0.1) is 10.6 Å². The van der Waals surface area contributed by atoms with E-state index in [2.05, 4.69) is 10.3 Å². The van der Waals surface area contributed by atoms with Gasteiger partial charge in [0, 0.05) is 11.6 Å². The maximum absolute atomic E-state index is 12.2. The van der Waals surface area contributed by atoms with Gasteiger partial charge in [0.2, 0.25) is 0 Å². The first kappa shape index (κ1) is 14.6. The Bertz CT molecular complexity index is 937. The van der Waals surface area contributed by atoms with Crippen LogP contribution < -0.4 is 10.9 Å².